The predicted molar refractivity (Wildman–Crippen MR) is 131 cm³/mol. The molecule has 0 fully saturated rings. The molecule has 184 valence electrons. The molecule has 1 spiro atoms. The minimum atomic E-state index is -1.71. The number of ketones is 1. The number of ether oxygens (including phenoxy) is 4. The van der Waals surface area contributed by atoms with Crippen LogP contribution >= 0.6 is 0 Å². The van der Waals surface area contributed by atoms with Crippen LogP contribution in [0.1, 0.15) is 21.5 Å². The van der Waals surface area contributed by atoms with Crippen LogP contribution < -0.4 is 24.3 Å². The van der Waals surface area contributed by atoms with Gasteiger partial charge in [0.05, 0.1) is 34.0 Å². The fraction of sp³-hybridized carbons (Fsp3) is 0.222. The molecule has 1 amide bonds. The number of oxime groups is 1. The Hall–Kier alpha value is -4.53. The summed E-state index contributed by atoms with van der Waals surface area (Å²) in [7, 11) is 6.04. The number of carbonyl (C=O) groups is 2. The predicted octanol–water partition coefficient (Wildman–Crippen LogP) is 3.80. The van der Waals surface area contributed by atoms with E-state index in [2.05, 4.69) is 10.5 Å². The number of nitrogens with one attached hydrogen (secondary N) is 1. The van der Waals surface area contributed by atoms with E-state index in [0.29, 0.717) is 39.8 Å². The van der Waals surface area contributed by atoms with E-state index >= 15 is 0 Å². The van der Waals surface area contributed by atoms with E-state index in [0.717, 1.165) is 0 Å². The van der Waals surface area contributed by atoms with Crippen LogP contribution in [0.2, 0.25) is 0 Å². The number of para-hydroxylation sites is 1. The molecule has 2 aliphatic rings. The van der Waals surface area contributed by atoms with Crippen LogP contribution in [0.25, 0.3) is 0 Å². The van der Waals surface area contributed by atoms with Crippen molar-refractivity contribution in [1.82, 2.24) is 0 Å². The molecule has 0 unspecified atom stereocenters. The highest BCUT2D eigenvalue weighted by Crippen LogP contribution is 2.51. The van der Waals surface area contributed by atoms with Crippen molar-refractivity contribution < 1.29 is 33.4 Å². The summed E-state index contributed by atoms with van der Waals surface area (Å²) < 4.78 is 21.7. The molecule has 0 aromatic heterocycles. The Balaban J connectivity index is 1.72. The van der Waals surface area contributed by atoms with Crippen molar-refractivity contribution in [2.75, 3.05) is 33.8 Å². The van der Waals surface area contributed by atoms with E-state index in [-0.39, 0.29) is 11.3 Å². The van der Waals surface area contributed by atoms with Crippen LogP contribution in [0.5, 0.6) is 23.0 Å². The second kappa shape index (κ2) is 8.92. The smallest absolute Gasteiger partial charge is 0.277 e. The van der Waals surface area contributed by atoms with Crippen LogP contribution in [0, 0.1) is 5.92 Å². The molecule has 0 saturated heterocycles. The third-order valence-electron chi connectivity index (χ3n) is 6.50. The number of methoxy groups -OCH3 is 4. The number of hydrogen-bond donors (Lipinski definition) is 1. The molecule has 0 radical (unpaired) electrons. The first-order chi connectivity index (χ1) is 17.5. The summed E-state index contributed by atoms with van der Waals surface area (Å²) in [6.07, 6.45) is 0. The van der Waals surface area contributed by atoms with Gasteiger partial charge in [-0.15, -0.1) is 0 Å². The van der Waals surface area contributed by atoms with Gasteiger partial charge in [-0.3, -0.25) is 9.59 Å². The Morgan fingerprint density at radius 1 is 0.889 bits per heavy atom. The number of rotatable bonds is 7. The SMILES string of the molecule is COc1ccc(C(=O)[C@H]2C(c3ccc(OC)cc3OC)=NO[C@]23C(=O)Nc2ccccc23)c(OC)c1. The maximum Gasteiger partial charge on any atom is 0.277 e. The van der Waals surface area contributed by atoms with Gasteiger partial charge in [0, 0.05) is 28.9 Å². The number of carbonyl (C=O) groups excluding carboxylic acids is 2. The molecule has 9 nitrogen and oxygen atoms in total. The van der Waals surface area contributed by atoms with Crippen molar-refractivity contribution in [3.63, 3.8) is 0 Å². The summed E-state index contributed by atoms with van der Waals surface area (Å²) >= 11 is 0. The molecule has 5 rings (SSSR count). The van der Waals surface area contributed by atoms with Crippen molar-refractivity contribution >= 4 is 23.1 Å². The third kappa shape index (κ3) is 3.35. The molecule has 0 bridgehead atoms. The molecular formula is C27H24N2O7. The topological polar surface area (TPSA) is 105 Å². The second-order valence-electron chi connectivity index (χ2n) is 8.23. The number of amides is 1. The Morgan fingerprint density at radius 3 is 2.25 bits per heavy atom. The van der Waals surface area contributed by atoms with E-state index in [1.165, 1.54) is 21.3 Å². The van der Waals surface area contributed by atoms with E-state index in [1.807, 2.05) is 0 Å². The first-order valence-corrected chi connectivity index (χ1v) is 11.1. The Kier molecular flexibility index (Phi) is 5.75. The van der Waals surface area contributed by atoms with Gasteiger partial charge in [-0.25, -0.2) is 0 Å². The molecular weight excluding hydrogens is 464 g/mol. The zero-order valence-corrected chi connectivity index (χ0v) is 20.2. The lowest BCUT2D eigenvalue weighted by Crippen LogP contribution is -2.46. The molecule has 9 heteroatoms. The minimum absolute atomic E-state index is 0.254. The molecule has 2 aliphatic heterocycles. The first-order valence-electron chi connectivity index (χ1n) is 11.1. The van der Waals surface area contributed by atoms with E-state index in [9.17, 15) is 9.59 Å². The molecule has 0 aliphatic carbocycles. The summed E-state index contributed by atoms with van der Waals surface area (Å²) in [6, 6.07) is 17.1. The quantitative estimate of drug-likeness (QED) is 0.505. The number of hydrogen-bond acceptors (Lipinski definition) is 8. The van der Waals surface area contributed by atoms with Crippen molar-refractivity contribution in [1.29, 1.82) is 0 Å². The Morgan fingerprint density at radius 2 is 1.56 bits per heavy atom. The molecule has 3 aromatic carbocycles. The lowest BCUT2D eigenvalue weighted by Gasteiger charge is -2.27. The second-order valence-corrected chi connectivity index (χ2v) is 8.23. The van der Waals surface area contributed by atoms with Crippen molar-refractivity contribution in [2.24, 2.45) is 11.1 Å². The number of benzene rings is 3. The van der Waals surface area contributed by atoms with Crippen molar-refractivity contribution in [2.45, 2.75) is 5.60 Å². The van der Waals surface area contributed by atoms with Gasteiger partial charge in [-0.1, -0.05) is 23.4 Å². The monoisotopic (exact) mass is 488 g/mol. The van der Waals surface area contributed by atoms with Crippen LogP contribution in [0.15, 0.2) is 65.8 Å². The lowest BCUT2D eigenvalue weighted by molar-refractivity contribution is -0.140. The zero-order valence-electron chi connectivity index (χ0n) is 20.2. The Labute approximate surface area is 207 Å². The van der Waals surface area contributed by atoms with Crippen LogP contribution in [0.3, 0.4) is 0 Å². The van der Waals surface area contributed by atoms with Crippen LogP contribution in [-0.4, -0.2) is 45.8 Å². The molecule has 3 aromatic rings. The third-order valence-corrected chi connectivity index (χ3v) is 6.50. The summed E-state index contributed by atoms with van der Waals surface area (Å²) in [4.78, 5) is 33.8. The van der Waals surface area contributed by atoms with Gasteiger partial charge < -0.3 is 29.1 Å². The van der Waals surface area contributed by atoms with E-state index in [4.69, 9.17) is 23.8 Å². The van der Waals surface area contributed by atoms with Crippen LogP contribution in [-0.2, 0) is 15.2 Å². The lowest BCUT2D eigenvalue weighted by atomic mass is 9.74. The summed E-state index contributed by atoms with van der Waals surface area (Å²) in [6.45, 7) is 0. The maximum absolute atomic E-state index is 14.3. The summed E-state index contributed by atoms with van der Waals surface area (Å²) in [5.41, 5.74) is 0.374. The first kappa shape index (κ1) is 23.2. The molecule has 1 N–H and O–H groups in total. The fourth-order valence-electron chi connectivity index (χ4n) is 4.73. The van der Waals surface area contributed by atoms with E-state index < -0.39 is 23.2 Å². The Bertz CT molecular complexity index is 1400. The number of anilines is 1. The number of nitrogens with zero attached hydrogens (tertiary/aromatic N) is 1. The highest BCUT2D eigenvalue weighted by molar-refractivity contribution is 6.25. The van der Waals surface area contributed by atoms with Gasteiger partial charge in [0.1, 0.15) is 34.6 Å². The van der Waals surface area contributed by atoms with Gasteiger partial charge >= 0.3 is 0 Å². The molecule has 36 heavy (non-hydrogen) atoms. The number of fused-ring (bicyclic) bond motifs is 2. The van der Waals surface area contributed by atoms with E-state index in [1.54, 1.807) is 67.8 Å². The van der Waals surface area contributed by atoms with Gasteiger partial charge in [-0.05, 0) is 30.3 Å². The normalized spacial score (nSPS) is 19.7. The van der Waals surface area contributed by atoms with Gasteiger partial charge in [0.25, 0.3) is 11.5 Å². The highest BCUT2D eigenvalue weighted by Gasteiger charge is 2.63. The molecule has 0 saturated carbocycles. The fourth-order valence-corrected chi connectivity index (χ4v) is 4.73. The average molecular weight is 488 g/mol. The minimum Gasteiger partial charge on any atom is -0.497 e. The highest BCUT2D eigenvalue weighted by atomic mass is 16.7. The van der Waals surface area contributed by atoms with Gasteiger partial charge in [0.15, 0.2) is 5.78 Å². The van der Waals surface area contributed by atoms with Gasteiger partial charge in [-0.2, -0.15) is 0 Å². The molecule has 2 heterocycles. The van der Waals surface area contributed by atoms with Crippen LogP contribution in [0.4, 0.5) is 5.69 Å². The summed E-state index contributed by atoms with van der Waals surface area (Å²) in [5, 5.41) is 7.16. The maximum atomic E-state index is 14.3. The molecule has 2 atom stereocenters. The zero-order chi connectivity index (χ0) is 25.4. The number of Topliss-reactive ketones (excluding diaryl/α,β-unsaturated/α-hetero) is 1. The summed E-state index contributed by atoms with van der Waals surface area (Å²) in [5.74, 6) is -0.236. The van der Waals surface area contributed by atoms with Gasteiger partial charge in [0.2, 0.25) is 0 Å². The van der Waals surface area contributed by atoms with Crippen molar-refractivity contribution in [3.8, 4) is 23.0 Å². The standard InChI is InChI=1S/C27H24N2O7/c1-32-15-9-11-17(21(13-15)34-3)24-23(25(30)18-12-10-16(33-2)14-22(18)35-4)27(36-29-24)19-7-5-6-8-20(19)28-26(27)31/h5-14,23H,1-4H3,(H,28,31)/t23-,27+/m1/s1. The van der Waals surface area contributed by atoms with Crippen molar-refractivity contribution in [3.05, 3.63) is 77.4 Å². The largest absolute Gasteiger partial charge is 0.497 e. The average Bonchev–Trinajstić information content (AvgIpc) is 3.45.